The zero-order valence-electron chi connectivity index (χ0n) is 18.0. The second kappa shape index (κ2) is 10.1. The van der Waals surface area contributed by atoms with E-state index >= 15 is 0 Å². The van der Waals surface area contributed by atoms with Gasteiger partial charge in [0.25, 0.3) is 0 Å². The number of fused-ring (bicyclic) bond motifs is 1. The van der Waals surface area contributed by atoms with Gasteiger partial charge in [-0.25, -0.2) is 4.98 Å². The predicted molar refractivity (Wildman–Crippen MR) is 132 cm³/mol. The zero-order valence-corrected chi connectivity index (χ0v) is 20.3. The molecule has 5 rings (SSSR count). The summed E-state index contributed by atoms with van der Waals surface area (Å²) in [7, 11) is 0. The van der Waals surface area contributed by atoms with Crippen LogP contribution in [0.1, 0.15) is 35.6 Å². The van der Waals surface area contributed by atoms with E-state index in [0.29, 0.717) is 18.2 Å². The second-order valence-electron chi connectivity index (χ2n) is 8.30. The van der Waals surface area contributed by atoms with Crippen molar-refractivity contribution in [1.29, 1.82) is 0 Å². The number of rotatable bonds is 7. The number of pyridine rings is 1. The van der Waals surface area contributed by atoms with Crippen LogP contribution in [0.15, 0.2) is 65.5 Å². The van der Waals surface area contributed by atoms with Gasteiger partial charge in [-0.3, -0.25) is 9.88 Å². The van der Waals surface area contributed by atoms with Gasteiger partial charge >= 0.3 is 0 Å². The fraction of sp³-hybridized carbons (Fsp3) is 0.292. The van der Waals surface area contributed by atoms with Crippen molar-refractivity contribution in [2.75, 3.05) is 18.4 Å². The van der Waals surface area contributed by atoms with Crippen LogP contribution < -0.4 is 9.61 Å². The first-order valence-electron chi connectivity index (χ1n) is 11.0. The fourth-order valence-corrected chi connectivity index (χ4v) is 4.78. The summed E-state index contributed by atoms with van der Waals surface area (Å²) in [5.41, 5.74) is 4.28. The lowest BCUT2D eigenvalue weighted by atomic mass is 9.94. The first kappa shape index (κ1) is 22.1. The number of hydrogen-bond acceptors (Lipinski definition) is 6. The molecule has 170 valence electrons. The molecule has 3 aromatic heterocycles. The average molecular weight is 528 g/mol. The Kier molecular flexibility index (Phi) is 6.75. The van der Waals surface area contributed by atoms with E-state index in [-0.39, 0.29) is 0 Å². The summed E-state index contributed by atoms with van der Waals surface area (Å²) in [4.78, 5) is 11.7. The van der Waals surface area contributed by atoms with E-state index in [1.165, 1.54) is 5.56 Å². The quantitative estimate of drug-likeness (QED) is 0.347. The van der Waals surface area contributed by atoms with Gasteiger partial charge < -0.3 is 9.61 Å². The molecule has 4 heterocycles. The Labute approximate surface area is 206 Å². The summed E-state index contributed by atoms with van der Waals surface area (Å²) in [5, 5.41) is 8.02. The molecule has 0 aliphatic carbocycles. The van der Waals surface area contributed by atoms with Crippen LogP contribution in [0, 0.1) is 0 Å². The third-order valence-electron chi connectivity index (χ3n) is 5.99. The highest BCUT2D eigenvalue weighted by atomic mass is 79.9. The predicted octanol–water partition coefficient (Wildman–Crippen LogP) is 5.41. The Morgan fingerprint density at radius 3 is 2.82 bits per heavy atom. The fourth-order valence-electron chi connectivity index (χ4n) is 4.33. The molecule has 1 aliphatic rings. The van der Waals surface area contributed by atoms with Crippen LogP contribution >= 0.6 is 27.8 Å². The number of benzene rings is 1. The van der Waals surface area contributed by atoms with Gasteiger partial charge in [0.15, 0.2) is 5.65 Å². The molecule has 1 fully saturated rings. The van der Waals surface area contributed by atoms with Gasteiger partial charge in [0.05, 0.1) is 16.4 Å². The van der Waals surface area contributed by atoms with Crippen molar-refractivity contribution in [3.63, 3.8) is 0 Å². The molecule has 0 radical (unpaired) electrons. The first-order valence-corrected chi connectivity index (χ1v) is 12.1. The van der Waals surface area contributed by atoms with Crippen molar-refractivity contribution >= 4 is 39.3 Å². The lowest BCUT2D eigenvalue weighted by molar-refractivity contribution is 0.198. The minimum absolute atomic E-state index is 0.356. The van der Waals surface area contributed by atoms with E-state index in [4.69, 9.17) is 21.1 Å². The van der Waals surface area contributed by atoms with Crippen molar-refractivity contribution in [1.82, 2.24) is 24.5 Å². The third kappa shape index (κ3) is 5.13. The van der Waals surface area contributed by atoms with Crippen LogP contribution in [-0.4, -0.2) is 37.6 Å². The van der Waals surface area contributed by atoms with Gasteiger partial charge in [-0.15, -0.1) is 0 Å². The Hall–Kier alpha value is -2.68. The number of nitrogens with one attached hydrogen (secondary N) is 1. The van der Waals surface area contributed by atoms with Gasteiger partial charge in [0.2, 0.25) is 0 Å². The van der Waals surface area contributed by atoms with Crippen LogP contribution in [0.2, 0.25) is 0 Å². The van der Waals surface area contributed by atoms with Crippen molar-refractivity contribution in [3.8, 4) is 5.75 Å². The Balaban J connectivity index is 1.36. The molecule has 9 heteroatoms. The van der Waals surface area contributed by atoms with Crippen molar-refractivity contribution in [2.24, 2.45) is 0 Å². The molecular formula is C24H24BrClN6O. The highest BCUT2D eigenvalue weighted by Crippen LogP contribution is 2.30. The summed E-state index contributed by atoms with van der Waals surface area (Å²) < 4.78 is 7.51. The highest BCUT2D eigenvalue weighted by Gasteiger charge is 2.24. The number of anilines is 1. The maximum atomic E-state index is 5.44. The average Bonchev–Trinajstić information content (AvgIpc) is 3.24. The number of aromatic nitrogens is 4. The molecule has 0 saturated carbocycles. The summed E-state index contributed by atoms with van der Waals surface area (Å²) >= 11 is 9.05. The highest BCUT2D eigenvalue weighted by molar-refractivity contribution is 9.10. The van der Waals surface area contributed by atoms with E-state index < -0.39 is 0 Å². The Morgan fingerprint density at radius 1 is 1.15 bits per heavy atom. The molecule has 7 nitrogen and oxygen atoms in total. The van der Waals surface area contributed by atoms with Crippen molar-refractivity contribution < 1.29 is 4.29 Å². The van der Waals surface area contributed by atoms with Crippen LogP contribution in [0.5, 0.6) is 5.75 Å². The van der Waals surface area contributed by atoms with E-state index in [0.717, 1.165) is 59.7 Å². The largest absolute Gasteiger partial charge is 0.386 e. The molecule has 33 heavy (non-hydrogen) atoms. The third-order valence-corrected chi connectivity index (χ3v) is 6.72. The maximum Gasteiger partial charge on any atom is 0.171 e. The number of piperidine rings is 1. The number of nitrogens with zero attached hydrogens (tertiary/aromatic N) is 5. The van der Waals surface area contributed by atoms with Gasteiger partial charge in [0, 0.05) is 44.0 Å². The molecule has 0 spiro atoms. The van der Waals surface area contributed by atoms with Gasteiger partial charge in [-0.2, -0.15) is 9.61 Å². The van der Waals surface area contributed by atoms with Crippen LogP contribution in [0.3, 0.4) is 0 Å². The number of likely N-dealkylation sites (tertiary alicyclic amines) is 1. The molecule has 0 bridgehead atoms. The van der Waals surface area contributed by atoms with Gasteiger partial charge in [-0.1, -0.05) is 18.2 Å². The van der Waals surface area contributed by atoms with Crippen LogP contribution in [0.4, 0.5) is 5.82 Å². The minimum Gasteiger partial charge on any atom is -0.386 e. The standard InChI is InChI=1S/C24H24BrClN6O/c25-21-14-29-32-23(28-13-18-3-1-9-27-12-18)11-22(30-24(21)32)19-4-2-10-31(16-19)15-17-5-7-20(33-26)8-6-17/h1,3,5-9,11-12,14,19,28H,2,4,10,13,15-16H2. The zero-order chi connectivity index (χ0) is 22.6. The summed E-state index contributed by atoms with van der Waals surface area (Å²) in [6, 6.07) is 14.1. The summed E-state index contributed by atoms with van der Waals surface area (Å²) in [6.45, 7) is 3.60. The maximum absolute atomic E-state index is 5.44. The molecule has 1 unspecified atom stereocenters. The molecule has 1 atom stereocenters. The molecule has 4 aromatic rings. The molecule has 1 saturated heterocycles. The van der Waals surface area contributed by atoms with Gasteiger partial charge in [-0.05, 0) is 64.6 Å². The Morgan fingerprint density at radius 2 is 2.03 bits per heavy atom. The number of halogens is 2. The molecule has 1 aromatic carbocycles. The van der Waals surface area contributed by atoms with Crippen molar-refractivity contribution in [2.45, 2.75) is 31.8 Å². The summed E-state index contributed by atoms with van der Waals surface area (Å²) in [6.07, 6.45) is 7.70. The molecule has 1 aliphatic heterocycles. The van der Waals surface area contributed by atoms with E-state index in [1.807, 2.05) is 28.9 Å². The normalized spacial score (nSPS) is 16.7. The SMILES string of the molecule is ClOc1ccc(CN2CCCC(c3cc(NCc4cccnc4)n4ncc(Br)c4n3)C2)cc1. The molecule has 0 amide bonds. The van der Waals surface area contributed by atoms with Crippen LogP contribution in [0.25, 0.3) is 5.65 Å². The van der Waals surface area contributed by atoms with Gasteiger partial charge in [0.1, 0.15) is 23.4 Å². The minimum atomic E-state index is 0.356. The monoisotopic (exact) mass is 526 g/mol. The second-order valence-corrected chi connectivity index (χ2v) is 9.31. The lowest BCUT2D eigenvalue weighted by Crippen LogP contribution is -2.34. The lowest BCUT2D eigenvalue weighted by Gasteiger charge is -2.32. The van der Waals surface area contributed by atoms with E-state index in [9.17, 15) is 0 Å². The summed E-state index contributed by atoms with van der Waals surface area (Å²) in [5.74, 6) is 1.94. The molecule has 1 N–H and O–H groups in total. The topological polar surface area (TPSA) is 67.6 Å². The van der Waals surface area contributed by atoms with E-state index in [2.05, 4.69) is 60.5 Å². The van der Waals surface area contributed by atoms with Crippen LogP contribution in [-0.2, 0) is 13.1 Å². The molecular weight excluding hydrogens is 504 g/mol. The smallest absolute Gasteiger partial charge is 0.171 e. The number of hydrogen-bond donors (Lipinski definition) is 1. The van der Waals surface area contributed by atoms with Crippen molar-refractivity contribution in [3.05, 3.63) is 82.3 Å². The first-order chi connectivity index (χ1) is 16.2. The van der Waals surface area contributed by atoms with E-state index in [1.54, 1.807) is 12.4 Å². The Bertz CT molecular complexity index is 1220.